The standard InChI is InChI=1S/C22H27NO4/c1-25-20-13-6-11-18(21(20)26-2)22(24)23-14-7-15-27-19-12-5-9-16-8-3-4-10-17(16)19/h3-4,6,8,10-11,13,19H,5,7,9,12,14-15H2,1-2H3,(H,23,24). The van der Waals surface area contributed by atoms with Gasteiger partial charge < -0.3 is 19.5 Å². The molecule has 5 nitrogen and oxygen atoms in total. The number of nitrogens with one attached hydrogen (secondary N) is 1. The summed E-state index contributed by atoms with van der Waals surface area (Å²) in [4.78, 5) is 12.4. The molecule has 1 unspecified atom stereocenters. The lowest BCUT2D eigenvalue weighted by Gasteiger charge is -2.25. The Hall–Kier alpha value is -2.53. The van der Waals surface area contributed by atoms with E-state index >= 15 is 0 Å². The predicted octanol–water partition coefficient (Wildman–Crippen LogP) is 3.92. The fourth-order valence-electron chi connectivity index (χ4n) is 3.54. The number of hydrogen-bond donors (Lipinski definition) is 1. The van der Waals surface area contributed by atoms with E-state index in [-0.39, 0.29) is 12.0 Å². The van der Waals surface area contributed by atoms with Crippen molar-refractivity contribution in [2.24, 2.45) is 0 Å². The van der Waals surface area contributed by atoms with Crippen LogP contribution in [0.4, 0.5) is 0 Å². The Balaban J connectivity index is 1.47. The molecule has 2 aromatic rings. The molecule has 1 aliphatic rings. The van der Waals surface area contributed by atoms with Gasteiger partial charge in [0.1, 0.15) is 0 Å². The lowest BCUT2D eigenvalue weighted by atomic mass is 9.89. The van der Waals surface area contributed by atoms with Gasteiger partial charge in [-0.25, -0.2) is 0 Å². The molecule has 0 aliphatic heterocycles. The van der Waals surface area contributed by atoms with Crippen molar-refractivity contribution in [1.29, 1.82) is 0 Å². The molecular formula is C22H27NO4. The Bertz CT molecular complexity index is 775. The van der Waals surface area contributed by atoms with Crippen LogP contribution in [-0.4, -0.2) is 33.3 Å². The fourth-order valence-corrected chi connectivity index (χ4v) is 3.54. The highest BCUT2D eigenvalue weighted by molar-refractivity contribution is 5.97. The molecule has 1 amide bonds. The molecule has 144 valence electrons. The van der Waals surface area contributed by atoms with Crippen molar-refractivity contribution in [3.05, 3.63) is 59.2 Å². The van der Waals surface area contributed by atoms with Crippen LogP contribution in [0.15, 0.2) is 42.5 Å². The first-order chi connectivity index (χ1) is 13.2. The van der Waals surface area contributed by atoms with E-state index in [1.54, 1.807) is 25.3 Å². The Morgan fingerprint density at radius 1 is 1.11 bits per heavy atom. The first-order valence-electron chi connectivity index (χ1n) is 9.43. The monoisotopic (exact) mass is 369 g/mol. The number of fused-ring (bicyclic) bond motifs is 1. The summed E-state index contributed by atoms with van der Waals surface area (Å²) >= 11 is 0. The molecule has 2 aromatic carbocycles. The van der Waals surface area contributed by atoms with E-state index in [4.69, 9.17) is 14.2 Å². The van der Waals surface area contributed by atoms with Gasteiger partial charge in [0.2, 0.25) is 0 Å². The number of methoxy groups -OCH3 is 2. The van der Waals surface area contributed by atoms with Crippen LogP contribution >= 0.6 is 0 Å². The second-order valence-corrected chi connectivity index (χ2v) is 6.60. The summed E-state index contributed by atoms with van der Waals surface area (Å²) in [7, 11) is 3.09. The van der Waals surface area contributed by atoms with Gasteiger partial charge in [0.25, 0.3) is 5.91 Å². The molecule has 0 heterocycles. The smallest absolute Gasteiger partial charge is 0.255 e. The molecule has 3 rings (SSSR count). The first-order valence-corrected chi connectivity index (χ1v) is 9.43. The van der Waals surface area contributed by atoms with Gasteiger partial charge in [0.15, 0.2) is 11.5 Å². The summed E-state index contributed by atoms with van der Waals surface area (Å²) < 4.78 is 16.6. The molecule has 0 fully saturated rings. The molecule has 5 heteroatoms. The van der Waals surface area contributed by atoms with Crippen molar-refractivity contribution in [2.75, 3.05) is 27.4 Å². The number of ether oxygens (including phenoxy) is 3. The Morgan fingerprint density at radius 2 is 1.96 bits per heavy atom. The van der Waals surface area contributed by atoms with Crippen molar-refractivity contribution >= 4 is 5.91 Å². The minimum Gasteiger partial charge on any atom is -0.493 e. The maximum absolute atomic E-state index is 12.4. The Kier molecular flexibility index (Phi) is 6.71. The van der Waals surface area contributed by atoms with E-state index in [1.807, 2.05) is 0 Å². The maximum Gasteiger partial charge on any atom is 0.255 e. The number of rotatable bonds is 8. The molecule has 0 spiro atoms. The third-order valence-corrected chi connectivity index (χ3v) is 4.89. The molecule has 0 radical (unpaired) electrons. The first kappa shape index (κ1) is 19.2. The Morgan fingerprint density at radius 3 is 2.78 bits per heavy atom. The minimum atomic E-state index is -0.172. The second kappa shape index (κ2) is 9.42. The van der Waals surface area contributed by atoms with Crippen LogP contribution in [-0.2, 0) is 11.2 Å². The van der Waals surface area contributed by atoms with E-state index < -0.39 is 0 Å². The van der Waals surface area contributed by atoms with E-state index in [9.17, 15) is 4.79 Å². The van der Waals surface area contributed by atoms with Gasteiger partial charge in [-0.1, -0.05) is 30.3 Å². The second-order valence-electron chi connectivity index (χ2n) is 6.60. The summed E-state index contributed by atoms with van der Waals surface area (Å²) in [6.45, 7) is 1.17. The van der Waals surface area contributed by atoms with Gasteiger partial charge in [0, 0.05) is 13.2 Å². The molecule has 27 heavy (non-hydrogen) atoms. The number of benzene rings is 2. The average molecular weight is 369 g/mol. The van der Waals surface area contributed by atoms with Crippen LogP contribution in [0.25, 0.3) is 0 Å². The number of aryl methyl sites for hydroxylation is 1. The zero-order valence-corrected chi connectivity index (χ0v) is 16.0. The number of hydrogen-bond acceptors (Lipinski definition) is 4. The number of carbonyl (C=O) groups is 1. The van der Waals surface area contributed by atoms with Crippen LogP contribution in [0, 0.1) is 0 Å². The lowest BCUT2D eigenvalue weighted by Crippen LogP contribution is -2.26. The molecule has 0 saturated carbocycles. The molecule has 0 bridgehead atoms. The summed E-state index contributed by atoms with van der Waals surface area (Å²) in [5, 5.41) is 2.93. The molecule has 0 saturated heterocycles. The highest BCUT2D eigenvalue weighted by atomic mass is 16.5. The molecule has 1 aliphatic carbocycles. The molecular weight excluding hydrogens is 342 g/mol. The van der Waals surface area contributed by atoms with E-state index in [0.717, 1.165) is 25.7 Å². The summed E-state index contributed by atoms with van der Waals surface area (Å²) in [5.74, 6) is 0.825. The van der Waals surface area contributed by atoms with Crippen LogP contribution in [0.1, 0.15) is 46.9 Å². The normalized spacial score (nSPS) is 15.7. The van der Waals surface area contributed by atoms with Gasteiger partial charge >= 0.3 is 0 Å². The van der Waals surface area contributed by atoms with E-state index in [2.05, 4.69) is 29.6 Å². The van der Waals surface area contributed by atoms with Crippen LogP contribution < -0.4 is 14.8 Å². The van der Waals surface area contributed by atoms with Gasteiger partial charge in [-0.3, -0.25) is 4.79 Å². The molecule has 1 atom stereocenters. The van der Waals surface area contributed by atoms with Crippen molar-refractivity contribution in [3.8, 4) is 11.5 Å². The van der Waals surface area contributed by atoms with Crippen molar-refractivity contribution in [3.63, 3.8) is 0 Å². The third kappa shape index (κ3) is 4.61. The number of carbonyl (C=O) groups excluding carboxylic acids is 1. The van der Waals surface area contributed by atoms with E-state index in [1.165, 1.54) is 18.2 Å². The summed E-state index contributed by atoms with van der Waals surface area (Å²) in [6.07, 6.45) is 4.29. The summed E-state index contributed by atoms with van der Waals surface area (Å²) in [6, 6.07) is 13.8. The molecule has 1 N–H and O–H groups in total. The lowest BCUT2D eigenvalue weighted by molar-refractivity contribution is 0.0393. The number of amides is 1. The van der Waals surface area contributed by atoms with Gasteiger partial charge in [-0.15, -0.1) is 0 Å². The topological polar surface area (TPSA) is 56.8 Å². The highest BCUT2D eigenvalue weighted by Gasteiger charge is 2.20. The van der Waals surface area contributed by atoms with Crippen LogP contribution in [0.2, 0.25) is 0 Å². The predicted molar refractivity (Wildman–Crippen MR) is 105 cm³/mol. The van der Waals surface area contributed by atoms with Crippen LogP contribution in [0.5, 0.6) is 11.5 Å². The number of para-hydroxylation sites is 1. The highest BCUT2D eigenvalue weighted by Crippen LogP contribution is 2.32. The summed E-state index contributed by atoms with van der Waals surface area (Å²) in [5.41, 5.74) is 3.18. The van der Waals surface area contributed by atoms with Crippen molar-refractivity contribution < 1.29 is 19.0 Å². The zero-order valence-electron chi connectivity index (χ0n) is 16.0. The fraction of sp³-hybridized carbons (Fsp3) is 0.409. The minimum absolute atomic E-state index is 0.170. The SMILES string of the molecule is COc1cccc(C(=O)NCCCOC2CCCc3ccccc32)c1OC. The zero-order chi connectivity index (χ0) is 19.1. The quantitative estimate of drug-likeness (QED) is 0.717. The maximum atomic E-state index is 12.4. The average Bonchev–Trinajstić information content (AvgIpc) is 2.72. The molecule has 0 aromatic heterocycles. The van der Waals surface area contributed by atoms with Crippen molar-refractivity contribution in [1.82, 2.24) is 5.32 Å². The Labute approximate surface area is 160 Å². The third-order valence-electron chi connectivity index (χ3n) is 4.89. The van der Waals surface area contributed by atoms with Gasteiger partial charge in [-0.2, -0.15) is 0 Å². The van der Waals surface area contributed by atoms with Crippen LogP contribution in [0.3, 0.4) is 0 Å². The van der Waals surface area contributed by atoms with Gasteiger partial charge in [-0.05, 0) is 48.9 Å². The van der Waals surface area contributed by atoms with Gasteiger partial charge in [0.05, 0.1) is 25.9 Å². The van der Waals surface area contributed by atoms with E-state index in [0.29, 0.717) is 30.2 Å². The van der Waals surface area contributed by atoms with Crippen molar-refractivity contribution in [2.45, 2.75) is 31.8 Å². The largest absolute Gasteiger partial charge is 0.493 e.